The number of imidazole rings is 2. The van der Waals surface area contributed by atoms with Gasteiger partial charge in [-0.2, -0.15) is 0 Å². The van der Waals surface area contributed by atoms with Gasteiger partial charge in [-0.15, -0.1) is 0 Å². The van der Waals surface area contributed by atoms with Crippen LogP contribution in [0.2, 0.25) is 0 Å². The highest BCUT2D eigenvalue weighted by Gasteiger charge is 2.07. The second kappa shape index (κ2) is 5.39. The van der Waals surface area contributed by atoms with Crippen LogP contribution in [0.15, 0.2) is 55.4 Å². The summed E-state index contributed by atoms with van der Waals surface area (Å²) in [5.74, 6) is 1.65. The molecule has 0 atom stereocenters. The molecule has 3 rings (SSSR count). The lowest BCUT2D eigenvalue weighted by atomic mass is 10.2. The molecule has 2 heterocycles. The molecule has 96 valence electrons. The van der Waals surface area contributed by atoms with E-state index in [9.17, 15) is 0 Å². The Morgan fingerprint density at radius 2 is 2.16 bits per heavy atom. The molecule has 0 radical (unpaired) electrons. The molecule has 0 saturated carbocycles. The van der Waals surface area contributed by atoms with Crippen molar-refractivity contribution in [3.05, 3.63) is 55.4 Å². The molecule has 0 unspecified atom stereocenters. The standard InChI is InChI=1S/C14H14N4O/c1-2-4-13(12(3-1)14-16-5-6-17-14)19-10-9-18-8-7-15-11-18/h1-8,11H,9-10H2,(H,16,17). The van der Waals surface area contributed by atoms with E-state index in [1.807, 2.05) is 35.0 Å². The fourth-order valence-corrected chi connectivity index (χ4v) is 1.88. The van der Waals surface area contributed by atoms with Gasteiger partial charge in [-0.1, -0.05) is 12.1 Å². The number of aromatic nitrogens is 4. The summed E-state index contributed by atoms with van der Waals surface area (Å²) in [4.78, 5) is 11.3. The minimum atomic E-state index is 0.591. The Hall–Kier alpha value is -2.56. The van der Waals surface area contributed by atoms with Gasteiger partial charge < -0.3 is 14.3 Å². The average Bonchev–Trinajstić information content (AvgIpc) is 3.12. The van der Waals surface area contributed by atoms with Crippen LogP contribution < -0.4 is 4.74 Å². The van der Waals surface area contributed by atoms with Crippen molar-refractivity contribution in [2.75, 3.05) is 6.61 Å². The molecule has 19 heavy (non-hydrogen) atoms. The average molecular weight is 254 g/mol. The number of rotatable bonds is 5. The monoisotopic (exact) mass is 254 g/mol. The Bertz CT molecular complexity index is 617. The molecule has 5 nitrogen and oxygen atoms in total. The molecule has 5 heteroatoms. The maximum Gasteiger partial charge on any atom is 0.141 e. The second-order valence-electron chi connectivity index (χ2n) is 4.08. The smallest absolute Gasteiger partial charge is 0.141 e. The summed E-state index contributed by atoms with van der Waals surface area (Å²) in [6.07, 6.45) is 9.00. The summed E-state index contributed by atoms with van der Waals surface area (Å²) in [5, 5.41) is 0. The molecule has 0 bridgehead atoms. The predicted octanol–water partition coefficient (Wildman–Crippen LogP) is 2.35. The number of benzene rings is 1. The van der Waals surface area contributed by atoms with Crippen LogP contribution in [0.4, 0.5) is 0 Å². The van der Waals surface area contributed by atoms with Gasteiger partial charge in [0.15, 0.2) is 0 Å². The van der Waals surface area contributed by atoms with Crippen LogP contribution in [0.1, 0.15) is 0 Å². The lowest BCUT2D eigenvalue weighted by Crippen LogP contribution is -2.07. The zero-order valence-corrected chi connectivity index (χ0v) is 10.4. The van der Waals surface area contributed by atoms with Crippen molar-refractivity contribution in [2.24, 2.45) is 0 Å². The molecule has 1 N–H and O–H groups in total. The number of nitrogens with one attached hydrogen (secondary N) is 1. The van der Waals surface area contributed by atoms with E-state index < -0.39 is 0 Å². The molecule has 3 aromatic rings. The minimum absolute atomic E-state index is 0.591. The molecule has 0 aliphatic heterocycles. The zero-order valence-electron chi connectivity index (χ0n) is 10.4. The Labute approximate surface area is 110 Å². The van der Waals surface area contributed by atoms with E-state index in [0.717, 1.165) is 23.7 Å². The number of aromatic amines is 1. The third-order valence-corrected chi connectivity index (χ3v) is 2.81. The highest BCUT2D eigenvalue weighted by Crippen LogP contribution is 2.26. The molecule has 0 fully saturated rings. The van der Waals surface area contributed by atoms with E-state index in [4.69, 9.17) is 4.74 Å². The van der Waals surface area contributed by atoms with Crippen molar-refractivity contribution >= 4 is 0 Å². The molecule has 0 aliphatic carbocycles. The quantitative estimate of drug-likeness (QED) is 0.760. The highest BCUT2D eigenvalue weighted by molar-refractivity contribution is 5.63. The maximum atomic E-state index is 5.83. The van der Waals surface area contributed by atoms with Crippen LogP contribution in [0.5, 0.6) is 5.75 Å². The van der Waals surface area contributed by atoms with Crippen LogP contribution in [0.3, 0.4) is 0 Å². The Morgan fingerprint density at radius 3 is 2.95 bits per heavy atom. The number of H-pyrrole nitrogens is 1. The minimum Gasteiger partial charge on any atom is -0.491 e. The van der Waals surface area contributed by atoms with Gasteiger partial charge in [-0.05, 0) is 12.1 Å². The van der Waals surface area contributed by atoms with Crippen molar-refractivity contribution in [3.63, 3.8) is 0 Å². The number of para-hydroxylation sites is 1. The lowest BCUT2D eigenvalue weighted by molar-refractivity contribution is 0.299. The SMILES string of the molecule is c1ccc(-c2ncc[nH]2)c(OCCn2ccnc2)c1. The molecule has 0 spiro atoms. The largest absolute Gasteiger partial charge is 0.491 e. The number of nitrogens with zero attached hydrogens (tertiary/aromatic N) is 3. The Kier molecular flexibility index (Phi) is 3.27. The summed E-state index contributed by atoms with van der Waals surface area (Å²) in [6, 6.07) is 7.87. The van der Waals surface area contributed by atoms with Crippen molar-refractivity contribution in [1.29, 1.82) is 0 Å². The summed E-state index contributed by atoms with van der Waals surface area (Å²) < 4.78 is 7.81. The van der Waals surface area contributed by atoms with Crippen LogP contribution >= 0.6 is 0 Å². The van der Waals surface area contributed by atoms with Gasteiger partial charge in [0.25, 0.3) is 0 Å². The predicted molar refractivity (Wildman–Crippen MR) is 71.7 cm³/mol. The van der Waals surface area contributed by atoms with Crippen molar-refractivity contribution in [2.45, 2.75) is 6.54 Å². The van der Waals surface area contributed by atoms with Crippen molar-refractivity contribution < 1.29 is 4.74 Å². The van der Waals surface area contributed by atoms with Crippen LogP contribution in [0.25, 0.3) is 11.4 Å². The zero-order chi connectivity index (χ0) is 12.9. The number of hydrogen-bond acceptors (Lipinski definition) is 3. The van der Waals surface area contributed by atoms with Crippen LogP contribution in [-0.4, -0.2) is 26.1 Å². The Morgan fingerprint density at radius 1 is 1.21 bits per heavy atom. The molecule has 2 aromatic heterocycles. The van der Waals surface area contributed by atoms with Crippen molar-refractivity contribution in [3.8, 4) is 17.1 Å². The van der Waals surface area contributed by atoms with Crippen LogP contribution in [-0.2, 0) is 6.54 Å². The van der Waals surface area contributed by atoms with Gasteiger partial charge in [0.2, 0.25) is 0 Å². The van der Waals surface area contributed by atoms with E-state index in [1.54, 1.807) is 24.9 Å². The van der Waals surface area contributed by atoms with Gasteiger partial charge in [0, 0.05) is 24.8 Å². The second-order valence-corrected chi connectivity index (χ2v) is 4.08. The Balaban J connectivity index is 1.71. The third-order valence-electron chi connectivity index (χ3n) is 2.81. The normalized spacial score (nSPS) is 10.5. The topological polar surface area (TPSA) is 55.7 Å². The van der Waals surface area contributed by atoms with E-state index >= 15 is 0 Å². The van der Waals surface area contributed by atoms with Crippen molar-refractivity contribution in [1.82, 2.24) is 19.5 Å². The maximum absolute atomic E-state index is 5.83. The first-order valence-corrected chi connectivity index (χ1v) is 6.11. The summed E-state index contributed by atoms with van der Waals surface area (Å²) in [5.41, 5.74) is 0.970. The molecule has 0 saturated heterocycles. The molecule has 0 aliphatic rings. The number of hydrogen-bond donors (Lipinski definition) is 1. The van der Waals surface area contributed by atoms with Crippen LogP contribution in [0, 0.1) is 0 Å². The van der Waals surface area contributed by atoms with Gasteiger partial charge in [-0.25, -0.2) is 9.97 Å². The van der Waals surface area contributed by atoms with E-state index in [2.05, 4.69) is 15.0 Å². The van der Waals surface area contributed by atoms with Gasteiger partial charge in [-0.3, -0.25) is 0 Å². The summed E-state index contributed by atoms with van der Waals surface area (Å²) >= 11 is 0. The fraction of sp³-hybridized carbons (Fsp3) is 0.143. The van der Waals surface area contributed by atoms with E-state index in [0.29, 0.717) is 6.61 Å². The lowest BCUT2D eigenvalue weighted by Gasteiger charge is -2.10. The molecular weight excluding hydrogens is 240 g/mol. The van der Waals surface area contributed by atoms with E-state index in [1.165, 1.54) is 0 Å². The fourth-order valence-electron chi connectivity index (χ4n) is 1.88. The first-order valence-electron chi connectivity index (χ1n) is 6.11. The number of ether oxygens (including phenoxy) is 1. The third kappa shape index (κ3) is 2.65. The van der Waals surface area contributed by atoms with Gasteiger partial charge >= 0.3 is 0 Å². The van der Waals surface area contributed by atoms with Gasteiger partial charge in [0.1, 0.15) is 18.2 Å². The molecular formula is C14H14N4O. The van der Waals surface area contributed by atoms with Gasteiger partial charge in [0.05, 0.1) is 18.4 Å². The molecule has 1 aromatic carbocycles. The molecule has 0 amide bonds. The first kappa shape index (κ1) is 11.5. The summed E-state index contributed by atoms with van der Waals surface area (Å²) in [7, 11) is 0. The highest BCUT2D eigenvalue weighted by atomic mass is 16.5. The first-order chi connectivity index (χ1) is 9.43. The summed E-state index contributed by atoms with van der Waals surface area (Å²) in [6.45, 7) is 1.36. The van der Waals surface area contributed by atoms with E-state index in [-0.39, 0.29) is 0 Å².